The Morgan fingerprint density at radius 1 is 0.900 bits per heavy atom. The predicted octanol–water partition coefficient (Wildman–Crippen LogP) is 3.06. The molecule has 0 saturated carbocycles. The molecule has 0 aliphatic carbocycles. The molecule has 1 aromatic heterocycles. The van der Waals surface area contributed by atoms with Gasteiger partial charge in [0.2, 0.25) is 0 Å². The standard InChI is InChI=1S/C23H23FN4O2/c24-21-5-2-1-4-20(21)23(30)28-12-3-11-27(14-15-28)22(29)19-8-6-18(7-9-19)16-26-13-10-25-17-26/h1-2,4-10,13,17H,3,11-12,14-16H2. The van der Waals surface area contributed by atoms with E-state index in [2.05, 4.69) is 4.98 Å². The van der Waals surface area contributed by atoms with E-state index < -0.39 is 5.82 Å². The fourth-order valence-electron chi connectivity index (χ4n) is 3.66. The molecular formula is C23H23FN4O2. The largest absolute Gasteiger partial charge is 0.337 e. The number of carbonyl (C=O) groups is 2. The van der Waals surface area contributed by atoms with Crippen molar-refractivity contribution in [3.8, 4) is 0 Å². The maximum atomic E-state index is 14.0. The van der Waals surface area contributed by atoms with Crippen LogP contribution in [-0.4, -0.2) is 57.3 Å². The van der Waals surface area contributed by atoms with Gasteiger partial charge >= 0.3 is 0 Å². The Bertz CT molecular complexity index is 1020. The molecule has 4 rings (SSSR count). The van der Waals surface area contributed by atoms with Crippen molar-refractivity contribution in [2.24, 2.45) is 0 Å². The Morgan fingerprint density at radius 3 is 2.27 bits per heavy atom. The Hall–Kier alpha value is -3.48. The molecule has 1 aliphatic heterocycles. The van der Waals surface area contributed by atoms with Crippen molar-refractivity contribution in [3.63, 3.8) is 0 Å². The smallest absolute Gasteiger partial charge is 0.256 e. The van der Waals surface area contributed by atoms with Crippen molar-refractivity contribution in [2.75, 3.05) is 26.2 Å². The zero-order valence-electron chi connectivity index (χ0n) is 16.6. The van der Waals surface area contributed by atoms with Crippen LogP contribution in [0.2, 0.25) is 0 Å². The summed E-state index contributed by atoms with van der Waals surface area (Å²) in [5.41, 5.74) is 1.78. The van der Waals surface area contributed by atoms with E-state index in [-0.39, 0.29) is 17.4 Å². The van der Waals surface area contributed by atoms with E-state index in [1.807, 2.05) is 35.0 Å². The molecule has 154 valence electrons. The number of imidazole rings is 1. The van der Waals surface area contributed by atoms with Crippen molar-refractivity contribution in [2.45, 2.75) is 13.0 Å². The zero-order valence-corrected chi connectivity index (χ0v) is 16.6. The van der Waals surface area contributed by atoms with Crippen molar-refractivity contribution < 1.29 is 14.0 Å². The molecule has 30 heavy (non-hydrogen) atoms. The average Bonchev–Trinajstić information content (AvgIpc) is 3.15. The molecule has 1 saturated heterocycles. The summed E-state index contributed by atoms with van der Waals surface area (Å²) in [6.45, 7) is 2.58. The minimum Gasteiger partial charge on any atom is -0.337 e. The van der Waals surface area contributed by atoms with Gasteiger partial charge in [0.15, 0.2) is 0 Å². The fraction of sp³-hybridized carbons (Fsp3) is 0.261. The Balaban J connectivity index is 1.38. The lowest BCUT2D eigenvalue weighted by atomic mass is 10.1. The van der Waals surface area contributed by atoms with Crippen LogP contribution in [0.5, 0.6) is 0 Å². The number of benzene rings is 2. The number of nitrogens with zero attached hydrogens (tertiary/aromatic N) is 4. The van der Waals surface area contributed by atoms with Gasteiger partial charge in [-0.15, -0.1) is 0 Å². The lowest BCUT2D eigenvalue weighted by Crippen LogP contribution is -2.37. The maximum absolute atomic E-state index is 14.0. The Kier molecular flexibility index (Phi) is 5.88. The maximum Gasteiger partial charge on any atom is 0.256 e. The molecule has 0 radical (unpaired) electrons. The minimum absolute atomic E-state index is 0.0515. The van der Waals surface area contributed by atoms with Gasteiger partial charge in [0, 0.05) is 50.7 Å². The third kappa shape index (κ3) is 4.40. The molecule has 2 aromatic carbocycles. The lowest BCUT2D eigenvalue weighted by Gasteiger charge is -2.22. The second-order valence-electron chi connectivity index (χ2n) is 7.35. The summed E-state index contributed by atoms with van der Waals surface area (Å²) in [7, 11) is 0. The van der Waals surface area contributed by atoms with Crippen LogP contribution in [0.15, 0.2) is 67.3 Å². The second-order valence-corrected chi connectivity index (χ2v) is 7.35. The van der Waals surface area contributed by atoms with Gasteiger partial charge in [-0.25, -0.2) is 9.37 Å². The third-order valence-corrected chi connectivity index (χ3v) is 5.30. The topological polar surface area (TPSA) is 58.4 Å². The molecule has 3 aromatic rings. The normalized spacial score (nSPS) is 14.4. The molecule has 0 spiro atoms. The molecule has 2 heterocycles. The Morgan fingerprint density at radius 2 is 1.60 bits per heavy atom. The quantitative estimate of drug-likeness (QED) is 0.669. The first-order valence-corrected chi connectivity index (χ1v) is 9.99. The van der Waals surface area contributed by atoms with Crippen molar-refractivity contribution in [1.82, 2.24) is 19.4 Å². The summed E-state index contributed by atoms with van der Waals surface area (Å²) in [6.07, 6.45) is 6.04. The Labute approximate surface area is 174 Å². The lowest BCUT2D eigenvalue weighted by molar-refractivity contribution is 0.0716. The molecule has 1 aliphatic rings. The summed E-state index contributed by atoms with van der Waals surface area (Å²) >= 11 is 0. The van der Waals surface area contributed by atoms with Crippen molar-refractivity contribution in [3.05, 3.63) is 89.8 Å². The number of aromatic nitrogens is 2. The molecule has 7 heteroatoms. The van der Waals surface area contributed by atoms with Gasteiger partial charge in [0.25, 0.3) is 11.8 Å². The van der Waals surface area contributed by atoms with E-state index in [4.69, 9.17) is 0 Å². The minimum atomic E-state index is -0.518. The van der Waals surface area contributed by atoms with Gasteiger partial charge < -0.3 is 14.4 Å². The molecule has 6 nitrogen and oxygen atoms in total. The molecule has 0 unspecified atom stereocenters. The van der Waals surface area contributed by atoms with E-state index in [9.17, 15) is 14.0 Å². The summed E-state index contributed by atoms with van der Waals surface area (Å²) in [5, 5.41) is 0. The second kappa shape index (κ2) is 8.90. The van der Waals surface area contributed by atoms with Crippen molar-refractivity contribution in [1.29, 1.82) is 0 Å². The van der Waals surface area contributed by atoms with Gasteiger partial charge in [-0.2, -0.15) is 0 Å². The number of amides is 2. The molecule has 0 N–H and O–H groups in total. The van der Waals surface area contributed by atoms with Crippen LogP contribution in [-0.2, 0) is 6.54 Å². The van der Waals surface area contributed by atoms with Crippen LogP contribution >= 0.6 is 0 Å². The first kappa shape index (κ1) is 19.8. The summed E-state index contributed by atoms with van der Waals surface area (Å²) in [6, 6.07) is 13.6. The third-order valence-electron chi connectivity index (χ3n) is 5.30. The highest BCUT2D eigenvalue weighted by molar-refractivity contribution is 5.95. The van der Waals surface area contributed by atoms with Crippen LogP contribution in [0.25, 0.3) is 0 Å². The summed E-state index contributed by atoms with van der Waals surface area (Å²) < 4.78 is 15.9. The van der Waals surface area contributed by atoms with Crippen LogP contribution < -0.4 is 0 Å². The highest BCUT2D eigenvalue weighted by atomic mass is 19.1. The van der Waals surface area contributed by atoms with Gasteiger partial charge in [-0.05, 0) is 36.2 Å². The van der Waals surface area contributed by atoms with E-state index >= 15 is 0 Å². The molecule has 0 bridgehead atoms. The first-order chi connectivity index (χ1) is 14.6. The number of carbonyl (C=O) groups excluding carboxylic acids is 2. The number of hydrogen-bond donors (Lipinski definition) is 0. The van der Waals surface area contributed by atoms with Gasteiger partial charge in [-0.1, -0.05) is 24.3 Å². The average molecular weight is 406 g/mol. The molecule has 2 amide bonds. The first-order valence-electron chi connectivity index (χ1n) is 9.99. The fourth-order valence-corrected chi connectivity index (χ4v) is 3.66. The van der Waals surface area contributed by atoms with E-state index in [1.54, 1.807) is 34.5 Å². The van der Waals surface area contributed by atoms with Gasteiger partial charge in [0.1, 0.15) is 5.82 Å². The highest BCUT2D eigenvalue weighted by Gasteiger charge is 2.24. The summed E-state index contributed by atoms with van der Waals surface area (Å²) in [4.78, 5) is 33.0. The molecular weight excluding hydrogens is 383 g/mol. The highest BCUT2D eigenvalue weighted by Crippen LogP contribution is 2.15. The van der Waals surface area contributed by atoms with Crippen LogP contribution in [0, 0.1) is 5.82 Å². The summed E-state index contributed by atoms with van der Waals surface area (Å²) in [5.74, 6) is -0.897. The van der Waals surface area contributed by atoms with E-state index in [0.29, 0.717) is 44.7 Å². The van der Waals surface area contributed by atoms with E-state index in [1.165, 1.54) is 12.1 Å². The monoisotopic (exact) mass is 406 g/mol. The van der Waals surface area contributed by atoms with Crippen LogP contribution in [0.1, 0.15) is 32.7 Å². The van der Waals surface area contributed by atoms with Crippen molar-refractivity contribution >= 4 is 11.8 Å². The molecule has 1 fully saturated rings. The van der Waals surface area contributed by atoms with E-state index in [0.717, 1.165) is 5.56 Å². The number of rotatable bonds is 4. The van der Waals surface area contributed by atoms with Gasteiger partial charge in [-0.3, -0.25) is 9.59 Å². The zero-order chi connectivity index (χ0) is 20.9. The van der Waals surface area contributed by atoms with Gasteiger partial charge in [0.05, 0.1) is 11.9 Å². The number of hydrogen-bond acceptors (Lipinski definition) is 3. The number of halogens is 1. The van der Waals surface area contributed by atoms with Crippen LogP contribution in [0.3, 0.4) is 0 Å². The SMILES string of the molecule is O=C(c1ccc(Cn2ccnc2)cc1)N1CCCN(C(=O)c2ccccc2F)CC1. The van der Waals surface area contributed by atoms with Crippen LogP contribution in [0.4, 0.5) is 4.39 Å². The predicted molar refractivity (Wildman–Crippen MR) is 111 cm³/mol. The molecule has 0 atom stereocenters.